The van der Waals surface area contributed by atoms with E-state index in [0.29, 0.717) is 18.6 Å². The van der Waals surface area contributed by atoms with Crippen molar-refractivity contribution in [1.82, 2.24) is 5.32 Å². The van der Waals surface area contributed by atoms with Crippen molar-refractivity contribution in [2.75, 3.05) is 0 Å². The zero-order valence-electron chi connectivity index (χ0n) is 4.39. The lowest BCUT2D eigenvalue weighted by Gasteiger charge is -2.41. The lowest BCUT2D eigenvalue weighted by molar-refractivity contribution is -0.193. The third-order valence-corrected chi connectivity index (χ3v) is 1.53. The molecule has 3 fully saturated rings. The molecule has 0 aliphatic carbocycles. The molecular formula is C5H7NO2. The van der Waals surface area contributed by atoms with Gasteiger partial charge in [-0.15, -0.1) is 0 Å². The van der Waals surface area contributed by atoms with Crippen molar-refractivity contribution in [2.45, 2.75) is 25.3 Å². The number of fused-ring (bicyclic) bond motifs is 2. The molecule has 0 spiro atoms. The summed E-state index contributed by atoms with van der Waals surface area (Å²) in [6, 6.07) is 0. The third kappa shape index (κ3) is 0.485. The first kappa shape index (κ1) is 4.47. The van der Waals surface area contributed by atoms with E-state index in [2.05, 4.69) is 5.32 Å². The van der Waals surface area contributed by atoms with Gasteiger partial charge in [-0.25, -0.2) is 0 Å². The van der Waals surface area contributed by atoms with Gasteiger partial charge in [0, 0.05) is 12.8 Å². The largest absolute Gasteiger partial charge is 0.344 e. The second-order valence-electron chi connectivity index (χ2n) is 2.23. The van der Waals surface area contributed by atoms with Gasteiger partial charge in [0.2, 0.25) is 0 Å². The van der Waals surface area contributed by atoms with E-state index in [9.17, 15) is 4.79 Å². The Morgan fingerprint density at radius 2 is 2.00 bits per heavy atom. The van der Waals surface area contributed by atoms with Crippen LogP contribution in [0.2, 0.25) is 0 Å². The van der Waals surface area contributed by atoms with Crippen LogP contribution in [0.5, 0.6) is 0 Å². The van der Waals surface area contributed by atoms with Crippen LogP contribution in [0.25, 0.3) is 0 Å². The molecule has 44 valence electrons. The van der Waals surface area contributed by atoms with E-state index in [1.807, 2.05) is 0 Å². The van der Waals surface area contributed by atoms with E-state index in [4.69, 9.17) is 4.74 Å². The Hall–Kier alpha value is -0.410. The number of hydrogen-bond donors (Lipinski definition) is 1. The van der Waals surface area contributed by atoms with Crippen LogP contribution >= 0.6 is 0 Å². The molecule has 0 radical (unpaired) electrons. The molecule has 8 heavy (non-hydrogen) atoms. The number of carbonyl (C=O) groups excluding carboxylic acids is 1. The van der Waals surface area contributed by atoms with Gasteiger partial charge in [-0.05, 0) is 0 Å². The number of piperidine rings is 1. The highest BCUT2D eigenvalue weighted by atomic mass is 16.6. The van der Waals surface area contributed by atoms with Gasteiger partial charge >= 0.3 is 0 Å². The third-order valence-electron chi connectivity index (χ3n) is 1.53. The fourth-order valence-corrected chi connectivity index (χ4v) is 1.12. The summed E-state index contributed by atoms with van der Waals surface area (Å²) in [6.45, 7) is 0. The summed E-state index contributed by atoms with van der Waals surface area (Å²) in [4.78, 5) is 10.6. The van der Waals surface area contributed by atoms with E-state index >= 15 is 0 Å². The van der Waals surface area contributed by atoms with Crippen molar-refractivity contribution >= 4 is 5.78 Å². The maximum Gasteiger partial charge on any atom is 0.140 e. The first-order valence-electron chi connectivity index (χ1n) is 2.78. The molecule has 0 saturated carbocycles. The monoisotopic (exact) mass is 113 g/mol. The van der Waals surface area contributed by atoms with Gasteiger partial charge in [-0.1, -0.05) is 0 Å². The van der Waals surface area contributed by atoms with Gasteiger partial charge in [0.25, 0.3) is 0 Å². The Balaban J connectivity index is 2.07. The smallest absolute Gasteiger partial charge is 0.140 e. The molecule has 3 aliphatic heterocycles. The Morgan fingerprint density at radius 3 is 2.25 bits per heavy atom. The van der Waals surface area contributed by atoms with Gasteiger partial charge in [0.15, 0.2) is 0 Å². The summed E-state index contributed by atoms with van der Waals surface area (Å²) in [7, 11) is 0. The molecule has 3 nitrogen and oxygen atoms in total. The Kier molecular flexibility index (Phi) is 0.725. The summed E-state index contributed by atoms with van der Waals surface area (Å²) in [6.07, 6.45) is 1.25. The van der Waals surface area contributed by atoms with Crippen molar-refractivity contribution in [2.24, 2.45) is 0 Å². The second kappa shape index (κ2) is 1.30. The van der Waals surface area contributed by atoms with Crippen molar-refractivity contribution in [3.63, 3.8) is 0 Å². The van der Waals surface area contributed by atoms with Crippen LogP contribution < -0.4 is 5.32 Å². The average Bonchev–Trinajstić information content (AvgIpc) is 1.62. The molecule has 1 N–H and O–H groups in total. The number of hydrogen-bond acceptors (Lipinski definition) is 3. The van der Waals surface area contributed by atoms with Crippen LogP contribution in [0, 0.1) is 0 Å². The van der Waals surface area contributed by atoms with Crippen LogP contribution in [-0.2, 0) is 9.53 Å². The Labute approximate surface area is 47.0 Å². The molecule has 3 heteroatoms. The maximum atomic E-state index is 10.6. The first-order chi connectivity index (χ1) is 3.84. The lowest BCUT2D eigenvalue weighted by atomic mass is 10.1. The van der Waals surface area contributed by atoms with Crippen molar-refractivity contribution in [3.05, 3.63) is 0 Å². The minimum Gasteiger partial charge on any atom is -0.344 e. The minimum absolute atomic E-state index is 0.0567. The van der Waals surface area contributed by atoms with Crippen LogP contribution in [0.3, 0.4) is 0 Å². The van der Waals surface area contributed by atoms with Crippen molar-refractivity contribution < 1.29 is 9.53 Å². The van der Waals surface area contributed by atoms with Gasteiger partial charge in [0.05, 0.1) is 0 Å². The molecule has 2 unspecified atom stereocenters. The molecule has 0 aromatic heterocycles. The fraction of sp³-hybridized carbons (Fsp3) is 0.800. The van der Waals surface area contributed by atoms with E-state index in [1.165, 1.54) is 0 Å². The molecule has 3 rings (SSSR count). The quantitative estimate of drug-likeness (QED) is 0.465. The molecule has 3 aliphatic rings. The van der Waals surface area contributed by atoms with Crippen LogP contribution in [-0.4, -0.2) is 18.2 Å². The van der Waals surface area contributed by atoms with Gasteiger partial charge < -0.3 is 4.74 Å². The van der Waals surface area contributed by atoms with Gasteiger partial charge in [0.1, 0.15) is 18.2 Å². The Bertz CT molecular complexity index is 116. The number of nitrogens with one attached hydrogen (secondary N) is 1. The molecular weight excluding hydrogens is 106 g/mol. The van der Waals surface area contributed by atoms with Gasteiger partial charge in [-0.2, -0.15) is 0 Å². The lowest BCUT2D eigenvalue weighted by Crippen LogP contribution is -2.60. The van der Waals surface area contributed by atoms with Crippen molar-refractivity contribution in [1.29, 1.82) is 0 Å². The number of ether oxygens (including phenoxy) is 1. The normalized spacial score (nSPS) is 43.8. The molecule has 0 aromatic carbocycles. The summed E-state index contributed by atoms with van der Waals surface area (Å²) < 4.78 is 5.11. The molecule has 3 heterocycles. The minimum atomic E-state index is 0.0567. The SMILES string of the molecule is O=C1CC2NC(C1)O2. The predicted molar refractivity (Wildman–Crippen MR) is 26.0 cm³/mol. The van der Waals surface area contributed by atoms with E-state index in [0.717, 1.165) is 0 Å². The van der Waals surface area contributed by atoms with Crippen molar-refractivity contribution in [3.8, 4) is 0 Å². The van der Waals surface area contributed by atoms with E-state index in [-0.39, 0.29) is 12.5 Å². The Morgan fingerprint density at radius 1 is 1.50 bits per heavy atom. The summed E-state index contributed by atoms with van der Waals surface area (Å²) in [5.74, 6) is 0.324. The van der Waals surface area contributed by atoms with Gasteiger partial charge in [-0.3, -0.25) is 10.1 Å². The zero-order chi connectivity index (χ0) is 5.56. The number of ketones is 1. The summed E-state index contributed by atoms with van der Waals surface area (Å²) in [5, 5.41) is 3.07. The van der Waals surface area contributed by atoms with E-state index < -0.39 is 0 Å². The average molecular weight is 113 g/mol. The fourth-order valence-electron chi connectivity index (χ4n) is 1.12. The molecule has 2 bridgehead atoms. The topological polar surface area (TPSA) is 38.3 Å². The zero-order valence-corrected chi connectivity index (χ0v) is 4.39. The molecule has 0 amide bonds. The summed E-state index contributed by atoms with van der Waals surface area (Å²) in [5.41, 5.74) is 0. The number of carbonyl (C=O) groups is 1. The second-order valence-corrected chi connectivity index (χ2v) is 2.23. The highest BCUT2D eigenvalue weighted by Gasteiger charge is 2.37. The predicted octanol–water partition coefficient (Wildman–Crippen LogP) is -0.379. The number of rotatable bonds is 0. The highest BCUT2D eigenvalue weighted by molar-refractivity contribution is 5.80. The van der Waals surface area contributed by atoms with Crippen LogP contribution in [0.15, 0.2) is 0 Å². The maximum absolute atomic E-state index is 10.6. The number of Topliss-reactive ketones (excluding diaryl/α,β-unsaturated/α-hetero) is 1. The van der Waals surface area contributed by atoms with Crippen LogP contribution in [0.1, 0.15) is 12.8 Å². The molecule has 3 saturated heterocycles. The standard InChI is InChI=1S/C5H7NO2/c7-3-1-4-6-5(2-3)8-4/h4-6H,1-2H2. The highest BCUT2D eigenvalue weighted by Crippen LogP contribution is 2.21. The van der Waals surface area contributed by atoms with E-state index in [1.54, 1.807) is 0 Å². The molecule has 0 aromatic rings. The first-order valence-corrected chi connectivity index (χ1v) is 2.78. The van der Waals surface area contributed by atoms with Crippen LogP contribution in [0.4, 0.5) is 0 Å². The molecule has 2 atom stereocenters. The summed E-state index contributed by atoms with van der Waals surface area (Å²) >= 11 is 0.